The van der Waals surface area contributed by atoms with E-state index in [0.717, 1.165) is 53.1 Å². The Balaban J connectivity index is 1.27. The lowest BCUT2D eigenvalue weighted by molar-refractivity contribution is -0.00611. The van der Waals surface area contributed by atoms with E-state index in [0.29, 0.717) is 34.6 Å². The molecule has 4 bridgehead atoms. The van der Waals surface area contributed by atoms with Crippen molar-refractivity contribution >= 4 is 11.9 Å². The van der Waals surface area contributed by atoms with Gasteiger partial charge < -0.3 is 9.84 Å². The number of phenolic OH excluding ortho intramolecular Hbond substituents is 1. The molecule has 1 N–H and O–H groups in total. The largest absolute Gasteiger partial charge is 0.507 e. The van der Waals surface area contributed by atoms with E-state index in [1.165, 1.54) is 25.3 Å². The third-order valence-electron chi connectivity index (χ3n) is 10.8. The van der Waals surface area contributed by atoms with E-state index in [1.807, 2.05) is 66.7 Å². The Hall–Kier alpha value is -4.77. The second-order valence-corrected chi connectivity index (χ2v) is 13.8. The molecule has 0 aliphatic heterocycles. The summed E-state index contributed by atoms with van der Waals surface area (Å²) in [5.41, 5.74) is 6.11. The molecule has 5 heteroatoms. The van der Waals surface area contributed by atoms with Crippen LogP contribution in [0.1, 0.15) is 49.7 Å². The van der Waals surface area contributed by atoms with E-state index in [2.05, 4.69) is 23.2 Å². The van der Waals surface area contributed by atoms with Gasteiger partial charge in [-0.05, 0) is 114 Å². The predicted molar refractivity (Wildman–Crippen MR) is 184 cm³/mol. The Labute approximate surface area is 274 Å². The van der Waals surface area contributed by atoms with Crippen LogP contribution in [0.15, 0.2) is 108 Å². The topological polar surface area (TPSA) is 41.8 Å². The Bertz CT molecular complexity index is 1950. The van der Waals surface area contributed by atoms with E-state index in [1.54, 1.807) is 19.4 Å². The molecular weight excluding hydrogens is 588 g/mol. The van der Waals surface area contributed by atoms with Gasteiger partial charge in [0.1, 0.15) is 23.0 Å². The quantitative estimate of drug-likeness (QED) is 0.183. The molecule has 0 aromatic heterocycles. The van der Waals surface area contributed by atoms with Crippen LogP contribution in [0.3, 0.4) is 0 Å². The first-order chi connectivity index (χ1) is 22.9. The molecule has 3 nitrogen and oxygen atoms in total. The van der Waals surface area contributed by atoms with Gasteiger partial charge in [0.15, 0.2) is 5.82 Å². The molecule has 0 unspecified atom stereocenters. The van der Waals surface area contributed by atoms with Crippen molar-refractivity contribution in [3.05, 3.63) is 126 Å². The number of rotatable bonds is 7. The Kier molecular flexibility index (Phi) is 7.43. The van der Waals surface area contributed by atoms with Gasteiger partial charge in [0.05, 0.1) is 7.11 Å². The van der Waals surface area contributed by atoms with Crippen LogP contribution in [0, 0.1) is 29.4 Å². The number of methoxy groups -OCH3 is 1. The highest BCUT2D eigenvalue weighted by Gasteiger charge is 2.52. The Morgan fingerprint density at radius 1 is 0.702 bits per heavy atom. The van der Waals surface area contributed by atoms with Crippen LogP contribution in [0.4, 0.5) is 14.5 Å². The Morgan fingerprint density at radius 3 is 1.94 bits per heavy atom. The van der Waals surface area contributed by atoms with Crippen LogP contribution in [0.5, 0.6) is 11.5 Å². The number of halogens is 2. The molecule has 0 radical (unpaired) electrons. The summed E-state index contributed by atoms with van der Waals surface area (Å²) in [6.45, 7) is 0. The first-order valence-electron chi connectivity index (χ1n) is 16.6. The average Bonchev–Trinajstić information content (AvgIpc) is 3.08. The molecule has 4 saturated carbocycles. The fraction of sp³-hybridized carbons (Fsp3) is 0.262. The lowest BCUT2D eigenvalue weighted by Crippen LogP contribution is -2.48. The number of hydrogen-bond acceptors (Lipinski definition) is 3. The zero-order chi connectivity index (χ0) is 32.1. The minimum absolute atomic E-state index is 0.0178. The molecule has 0 saturated heterocycles. The number of ether oxygens (including phenoxy) is 1. The lowest BCUT2D eigenvalue weighted by atomic mass is 9.48. The molecule has 0 amide bonds. The zero-order valence-electron chi connectivity index (χ0n) is 26.4. The van der Waals surface area contributed by atoms with E-state index >= 15 is 4.39 Å². The first-order valence-corrected chi connectivity index (χ1v) is 16.6. The fourth-order valence-electron chi connectivity index (χ4n) is 9.16. The SMILES string of the molecule is COc1ccc(-c2ccccc2)cc1-c1cc(F)cc(F)c1N=Cc1cc(-c2ccccc2)cc(C23CC4CC(CC(C4)C2)C3)c1O. The van der Waals surface area contributed by atoms with Crippen molar-refractivity contribution in [2.75, 3.05) is 7.11 Å². The van der Waals surface area contributed by atoms with Crippen LogP contribution in [-0.2, 0) is 5.41 Å². The summed E-state index contributed by atoms with van der Waals surface area (Å²) in [7, 11) is 1.54. The summed E-state index contributed by atoms with van der Waals surface area (Å²) in [5.74, 6) is 1.30. The number of aliphatic imine (C=N–C) groups is 1. The lowest BCUT2D eigenvalue weighted by Gasteiger charge is -2.57. The molecule has 4 aliphatic carbocycles. The van der Waals surface area contributed by atoms with Crippen molar-refractivity contribution in [3.8, 4) is 44.9 Å². The highest BCUT2D eigenvalue weighted by molar-refractivity contribution is 5.92. The predicted octanol–water partition coefficient (Wildman–Crippen LogP) is 10.9. The normalized spacial score (nSPS) is 23.0. The van der Waals surface area contributed by atoms with Gasteiger partial charge in [-0.15, -0.1) is 0 Å². The molecular formula is C42H37F2NO2. The number of aromatic hydroxyl groups is 1. The van der Waals surface area contributed by atoms with Gasteiger partial charge in [0.25, 0.3) is 0 Å². The molecule has 5 aromatic rings. The van der Waals surface area contributed by atoms with Crippen LogP contribution < -0.4 is 4.74 Å². The second-order valence-electron chi connectivity index (χ2n) is 13.8. The van der Waals surface area contributed by atoms with Crippen LogP contribution in [0.25, 0.3) is 33.4 Å². The van der Waals surface area contributed by atoms with Crippen molar-refractivity contribution in [2.45, 2.75) is 43.9 Å². The second kappa shape index (κ2) is 11.8. The van der Waals surface area contributed by atoms with E-state index in [-0.39, 0.29) is 22.4 Å². The van der Waals surface area contributed by atoms with Gasteiger partial charge in [-0.25, -0.2) is 8.78 Å². The number of benzene rings is 5. The van der Waals surface area contributed by atoms with Crippen molar-refractivity contribution in [1.82, 2.24) is 0 Å². The third kappa shape index (κ3) is 5.42. The summed E-state index contributed by atoms with van der Waals surface area (Å²) in [5, 5.41) is 12.0. The maximum Gasteiger partial charge on any atom is 0.152 e. The minimum atomic E-state index is -0.788. The van der Waals surface area contributed by atoms with E-state index in [9.17, 15) is 9.50 Å². The number of nitrogens with zero attached hydrogens (tertiary/aromatic N) is 1. The molecule has 47 heavy (non-hydrogen) atoms. The summed E-state index contributed by atoms with van der Waals surface area (Å²) in [6.07, 6.45) is 8.72. The molecule has 4 fully saturated rings. The monoisotopic (exact) mass is 625 g/mol. The molecule has 0 heterocycles. The summed E-state index contributed by atoms with van der Waals surface area (Å²) < 4.78 is 36.3. The van der Waals surface area contributed by atoms with Gasteiger partial charge in [0, 0.05) is 34.5 Å². The number of hydrogen-bond donors (Lipinski definition) is 1. The third-order valence-corrected chi connectivity index (χ3v) is 10.8. The standard InChI is InChI=1S/C42H37F2NO2/c1-47-39-13-12-31(29-8-4-2-5-9-29)18-35(39)36-20-34(43)21-38(44)40(36)45-25-33-17-32(30-10-6-3-7-11-30)19-37(41(33)46)42-22-26-14-27(23-42)16-28(15-26)24-42/h2-13,17-21,25-28,46H,14-16,22-24H2,1H3. The van der Waals surface area contributed by atoms with E-state index in [4.69, 9.17) is 4.74 Å². The van der Waals surface area contributed by atoms with Gasteiger partial charge in [-0.1, -0.05) is 66.7 Å². The molecule has 0 atom stereocenters. The van der Waals surface area contributed by atoms with Crippen molar-refractivity contribution in [3.63, 3.8) is 0 Å². The van der Waals surface area contributed by atoms with Crippen molar-refractivity contribution in [2.24, 2.45) is 22.7 Å². The first kappa shape index (κ1) is 29.6. The van der Waals surface area contributed by atoms with Crippen LogP contribution in [-0.4, -0.2) is 18.4 Å². The zero-order valence-corrected chi connectivity index (χ0v) is 26.4. The maximum atomic E-state index is 15.7. The van der Waals surface area contributed by atoms with Crippen LogP contribution >= 0.6 is 0 Å². The van der Waals surface area contributed by atoms with Gasteiger partial charge in [-0.3, -0.25) is 4.99 Å². The highest BCUT2D eigenvalue weighted by Crippen LogP contribution is 2.62. The van der Waals surface area contributed by atoms with Crippen molar-refractivity contribution in [1.29, 1.82) is 0 Å². The Morgan fingerprint density at radius 2 is 1.32 bits per heavy atom. The average molecular weight is 626 g/mol. The molecule has 4 aliphatic rings. The number of phenols is 1. The molecule has 5 aromatic carbocycles. The molecule has 236 valence electrons. The van der Waals surface area contributed by atoms with Crippen LogP contribution in [0.2, 0.25) is 0 Å². The van der Waals surface area contributed by atoms with Gasteiger partial charge in [0.2, 0.25) is 0 Å². The fourth-order valence-corrected chi connectivity index (χ4v) is 9.16. The summed E-state index contributed by atoms with van der Waals surface area (Å²) in [6, 6.07) is 31.8. The summed E-state index contributed by atoms with van der Waals surface area (Å²) in [4.78, 5) is 4.67. The highest BCUT2D eigenvalue weighted by atomic mass is 19.1. The molecule has 0 spiro atoms. The van der Waals surface area contributed by atoms with Gasteiger partial charge >= 0.3 is 0 Å². The van der Waals surface area contributed by atoms with Crippen molar-refractivity contribution < 1.29 is 18.6 Å². The summed E-state index contributed by atoms with van der Waals surface area (Å²) >= 11 is 0. The smallest absolute Gasteiger partial charge is 0.152 e. The van der Waals surface area contributed by atoms with Gasteiger partial charge in [-0.2, -0.15) is 0 Å². The minimum Gasteiger partial charge on any atom is -0.507 e. The molecule has 9 rings (SSSR count). The maximum absolute atomic E-state index is 15.7. The van der Waals surface area contributed by atoms with E-state index < -0.39 is 11.6 Å².